The SMILES string of the molecule is Oc1ccc(Cl)cc1CNc1ccccc1-n1ccnn1. The van der Waals surface area contributed by atoms with Crippen molar-refractivity contribution in [1.29, 1.82) is 0 Å². The summed E-state index contributed by atoms with van der Waals surface area (Å²) in [4.78, 5) is 0. The summed E-state index contributed by atoms with van der Waals surface area (Å²) in [5.41, 5.74) is 2.51. The third-order valence-electron chi connectivity index (χ3n) is 3.08. The van der Waals surface area contributed by atoms with Gasteiger partial charge in [0.25, 0.3) is 0 Å². The smallest absolute Gasteiger partial charge is 0.120 e. The molecule has 0 unspecified atom stereocenters. The summed E-state index contributed by atoms with van der Waals surface area (Å²) >= 11 is 5.95. The number of nitrogens with one attached hydrogen (secondary N) is 1. The molecule has 0 radical (unpaired) electrons. The van der Waals surface area contributed by atoms with Gasteiger partial charge in [-0.15, -0.1) is 5.10 Å². The van der Waals surface area contributed by atoms with Crippen LogP contribution < -0.4 is 5.32 Å². The Balaban J connectivity index is 1.84. The standard InChI is InChI=1S/C15H13ClN4O/c16-12-5-6-15(21)11(9-12)10-17-13-3-1-2-4-14(13)20-8-7-18-19-20/h1-9,17,21H,10H2. The number of anilines is 1. The second kappa shape index (κ2) is 5.85. The third-order valence-corrected chi connectivity index (χ3v) is 3.32. The zero-order valence-corrected chi connectivity index (χ0v) is 11.8. The van der Waals surface area contributed by atoms with E-state index < -0.39 is 0 Å². The van der Waals surface area contributed by atoms with Crippen molar-refractivity contribution in [2.45, 2.75) is 6.54 Å². The molecule has 21 heavy (non-hydrogen) atoms. The van der Waals surface area contributed by atoms with Crippen LogP contribution in [0.5, 0.6) is 5.75 Å². The van der Waals surface area contributed by atoms with Gasteiger partial charge < -0.3 is 10.4 Å². The fourth-order valence-electron chi connectivity index (χ4n) is 2.05. The van der Waals surface area contributed by atoms with Crippen molar-refractivity contribution >= 4 is 17.3 Å². The van der Waals surface area contributed by atoms with E-state index >= 15 is 0 Å². The molecule has 1 aromatic heterocycles. The number of rotatable bonds is 4. The predicted molar refractivity (Wildman–Crippen MR) is 81.8 cm³/mol. The molecule has 0 aliphatic carbocycles. The molecule has 0 spiro atoms. The van der Waals surface area contributed by atoms with Crippen LogP contribution in [0, 0.1) is 0 Å². The van der Waals surface area contributed by atoms with Crippen LogP contribution in [0.4, 0.5) is 5.69 Å². The van der Waals surface area contributed by atoms with Gasteiger partial charge in [-0.1, -0.05) is 28.9 Å². The molecule has 2 N–H and O–H groups in total. The van der Waals surface area contributed by atoms with Gasteiger partial charge in [-0.25, -0.2) is 4.68 Å². The number of benzene rings is 2. The molecule has 0 saturated carbocycles. The molecule has 6 heteroatoms. The van der Waals surface area contributed by atoms with Crippen LogP contribution in [-0.2, 0) is 6.54 Å². The molecular weight excluding hydrogens is 288 g/mol. The van der Waals surface area contributed by atoms with Crippen molar-refractivity contribution in [2.75, 3.05) is 5.32 Å². The average Bonchev–Trinajstić information content (AvgIpc) is 3.03. The number of nitrogens with zero attached hydrogens (tertiary/aromatic N) is 3. The summed E-state index contributed by atoms with van der Waals surface area (Å²) in [6, 6.07) is 12.7. The highest BCUT2D eigenvalue weighted by atomic mass is 35.5. The molecule has 1 heterocycles. The number of para-hydroxylation sites is 2. The number of phenolic OH excluding ortho intramolecular Hbond substituents is 1. The quantitative estimate of drug-likeness (QED) is 0.776. The maximum atomic E-state index is 9.84. The van der Waals surface area contributed by atoms with Crippen molar-refractivity contribution in [3.05, 3.63) is 65.4 Å². The summed E-state index contributed by atoms with van der Waals surface area (Å²) in [6.45, 7) is 0.456. The average molecular weight is 301 g/mol. The zero-order chi connectivity index (χ0) is 14.7. The number of phenols is 1. The summed E-state index contributed by atoms with van der Waals surface area (Å²) in [6.07, 6.45) is 3.40. The summed E-state index contributed by atoms with van der Waals surface area (Å²) in [5.74, 6) is 0.213. The second-order valence-corrected chi connectivity index (χ2v) is 4.93. The Morgan fingerprint density at radius 3 is 2.86 bits per heavy atom. The van der Waals surface area contributed by atoms with Crippen molar-refractivity contribution < 1.29 is 5.11 Å². The summed E-state index contributed by atoms with van der Waals surface area (Å²) in [5, 5.41) is 21.5. The molecule has 3 rings (SSSR count). The monoisotopic (exact) mass is 300 g/mol. The van der Waals surface area contributed by atoms with Crippen molar-refractivity contribution in [2.24, 2.45) is 0 Å². The van der Waals surface area contributed by atoms with Gasteiger partial charge in [0.2, 0.25) is 0 Å². The van der Waals surface area contributed by atoms with Crippen LogP contribution in [0.2, 0.25) is 5.02 Å². The Morgan fingerprint density at radius 2 is 2.05 bits per heavy atom. The molecular formula is C15H13ClN4O. The topological polar surface area (TPSA) is 63.0 Å². The predicted octanol–water partition coefficient (Wildman–Crippen LogP) is 3.24. The van der Waals surface area contributed by atoms with Crippen molar-refractivity contribution in [3.8, 4) is 11.4 Å². The molecule has 5 nitrogen and oxygen atoms in total. The first kappa shape index (κ1) is 13.5. The van der Waals surface area contributed by atoms with Gasteiger partial charge in [-0.3, -0.25) is 0 Å². The van der Waals surface area contributed by atoms with Crippen LogP contribution in [0.25, 0.3) is 5.69 Å². The zero-order valence-electron chi connectivity index (χ0n) is 11.1. The molecule has 0 saturated heterocycles. The summed E-state index contributed by atoms with van der Waals surface area (Å²) in [7, 11) is 0. The van der Waals surface area contributed by atoms with E-state index in [-0.39, 0.29) is 5.75 Å². The van der Waals surface area contributed by atoms with Crippen LogP contribution in [0.1, 0.15) is 5.56 Å². The Hall–Kier alpha value is -2.53. The molecule has 2 aromatic carbocycles. The second-order valence-electron chi connectivity index (χ2n) is 4.49. The largest absolute Gasteiger partial charge is 0.508 e. The van der Waals surface area contributed by atoms with Crippen molar-refractivity contribution in [1.82, 2.24) is 15.0 Å². The van der Waals surface area contributed by atoms with Crippen molar-refractivity contribution in [3.63, 3.8) is 0 Å². The lowest BCUT2D eigenvalue weighted by molar-refractivity contribution is 0.469. The first-order valence-electron chi connectivity index (χ1n) is 6.41. The molecule has 0 bridgehead atoms. The maximum Gasteiger partial charge on any atom is 0.120 e. The lowest BCUT2D eigenvalue weighted by atomic mass is 10.2. The van der Waals surface area contributed by atoms with Gasteiger partial charge in [0.1, 0.15) is 5.75 Å². The van der Waals surface area contributed by atoms with E-state index in [0.29, 0.717) is 11.6 Å². The maximum absolute atomic E-state index is 9.84. The number of aromatic nitrogens is 3. The van der Waals surface area contributed by atoms with E-state index in [2.05, 4.69) is 15.6 Å². The Labute approximate surface area is 126 Å². The lowest BCUT2D eigenvalue weighted by Gasteiger charge is -2.12. The molecule has 3 aromatic rings. The van der Waals surface area contributed by atoms with E-state index in [1.54, 1.807) is 35.3 Å². The lowest BCUT2D eigenvalue weighted by Crippen LogP contribution is -2.05. The number of hydrogen-bond acceptors (Lipinski definition) is 4. The molecule has 106 valence electrons. The Bertz CT molecular complexity index is 743. The summed E-state index contributed by atoms with van der Waals surface area (Å²) < 4.78 is 1.68. The highest BCUT2D eigenvalue weighted by molar-refractivity contribution is 6.30. The number of aromatic hydroxyl groups is 1. The Morgan fingerprint density at radius 1 is 1.19 bits per heavy atom. The fraction of sp³-hybridized carbons (Fsp3) is 0.0667. The van der Waals surface area contributed by atoms with Gasteiger partial charge in [0.15, 0.2) is 0 Å². The fourth-order valence-corrected chi connectivity index (χ4v) is 2.24. The van der Waals surface area contributed by atoms with E-state index in [4.69, 9.17) is 11.6 Å². The normalized spacial score (nSPS) is 10.5. The molecule has 0 atom stereocenters. The number of hydrogen-bond donors (Lipinski definition) is 2. The molecule has 0 aliphatic heterocycles. The molecule has 0 aliphatic rings. The van der Waals surface area contributed by atoms with Crippen LogP contribution in [0.15, 0.2) is 54.9 Å². The minimum absolute atomic E-state index is 0.213. The molecule has 0 amide bonds. The van der Waals surface area contributed by atoms with E-state index in [0.717, 1.165) is 16.9 Å². The van der Waals surface area contributed by atoms with Gasteiger partial charge in [0.05, 0.1) is 23.8 Å². The Kier molecular flexibility index (Phi) is 3.75. The highest BCUT2D eigenvalue weighted by Gasteiger charge is 2.06. The van der Waals surface area contributed by atoms with E-state index in [1.165, 1.54) is 0 Å². The van der Waals surface area contributed by atoms with Gasteiger partial charge >= 0.3 is 0 Å². The van der Waals surface area contributed by atoms with Crippen LogP contribution in [0.3, 0.4) is 0 Å². The van der Waals surface area contributed by atoms with Gasteiger partial charge in [-0.2, -0.15) is 0 Å². The van der Waals surface area contributed by atoms with Crippen LogP contribution >= 0.6 is 11.6 Å². The van der Waals surface area contributed by atoms with Gasteiger partial charge in [-0.05, 0) is 30.3 Å². The van der Waals surface area contributed by atoms with E-state index in [1.807, 2.05) is 24.3 Å². The first-order valence-corrected chi connectivity index (χ1v) is 6.79. The minimum atomic E-state index is 0.213. The van der Waals surface area contributed by atoms with E-state index in [9.17, 15) is 5.11 Å². The third kappa shape index (κ3) is 2.98. The van der Waals surface area contributed by atoms with Gasteiger partial charge in [0, 0.05) is 17.1 Å². The minimum Gasteiger partial charge on any atom is -0.508 e. The highest BCUT2D eigenvalue weighted by Crippen LogP contribution is 2.24. The number of halogens is 1. The molecule has 0 fully saturated rings. The first-order chi connectivity index (χ1) is 10.2. The van der Waals surface area contributed by atoms with Crippen LogP contribution in [-0.4, -0.2) is 20.1 Å².